The maximum absolute atomic E-state index is 2.18. The number of rotatable bonds is 1. The Bertz CT molecular complexity index is 666. The molecule has 0 unspecified atom stereocenters. The molecule has 3 rings (SSSR count). The van der Waals surface area contributed by atoms with Crippen molar-refractivity contribution >= 4 is 10.8 Å². The van der Waals surface area contributed by atoms with E-state index in [1.54, 1.807) is 0 Å². The number of benzene rings is 2. The minimum absolute atomic E-state index is 1.24. The fourth-order valence-electron chi connectivity index (χ4n) is 2.25. The van der Waals surface area contributed by atoms with Gasteiger partial charge in [-0.05, 0) is 22.9 Å². The van der Waals surface area contributed by atoms with Crippen molar-refractivity contribution in [2.75, 3.05) is 0 Å². The summed E-state index contributed by atoms with van der Waals surface area (Å²) in [6.07, 6.45) is 2.08. The highest BCUT2D eigenvalue weighted by Crippen LogP contribution is 2.25. The molecule has 0 saturated heterocycles. The maximum Gasteiger partial charge on any atom is 0.212 e. The van der Waals surface area contributed by atoms with Crippen molar-refractivity contribution in [1.82, 2.24) is 0 Å². The van der Waals surface area contributed by atoms with Crippen LogP contribution in [0.2, 0.25) is 0 Å². The van der Waals surface area contributed by atoms with Crippen molar-refractivity contribution in [3.63, 3.8) is 0 Å². The number of nitrogens with zero attached hydrogens (tertiary/aromatic N) is 1. The van der Waals surface area contributed by atoms with E-state index in [-0.39, 0.29) is 0 Å². The average molecular weight is 220 g/mol. The molecule has 0 aliphatic heterocycles. The summed E-state index contributed by atoms with van der Waals surface area (Å²) in [6.45, 7) is 0. The highest BCUT2D eigenvalue weighted by molar-refractivity contribution is 5.95. The summed E-state index contributed by atoms with van der Waals surface area (Å²) in [4.78, 5) is 0. The maximum atomic E-state index is 2.18. The van der Waals surface area contributed by atoms with Crippen LogP contribution in [0.15, 0.2) is 66.9 Å². The summed E-state index contributed by atoms with van der Waals surface area (Å²) >= 11 is 0. The van der Waals surface area contributed by atoms with Crippen LogP contribution in [0.5, 0.6) is 0 Å². The number of pyridine rings is 1. The van der Waals surface area contributed by atoms with E-state index in [0.29, 0.717) is 0 Å². The van der Waals surface area contributed by atoms with Gasteiger partial charge in [0.25, 0.3) is 0 Å². The third-order valence-electron chi connectivity index (χ3n) is 3.12. The number of aryl methyl sites for hydroxylation is 1. The number of aromatic nitrogens is 1. The van der Waals surface area contributed by atoms with Gasteiger partial charge in [0.15, 0.2) is 6.20 Å². The summed E-state index contributed by atoms with van der Waals surface area (Å²) in [7, 11) is 2.08. The number of hydrogen-bond acceptors (Lipinski definition) is 0. The molecule has 0 N–H and O–H groups in total. The van der Waals surface area contributed by atoms with E-state index < -0.39 is 0 Å². The molecule has 0 radical (unpaired) electrons. The Morgan fingerprint density at radius 3 is 2.41 bits per heavy atom. The van der Waals surface area contributed by atoms with E-state index in [9.17, 15) is 0 Å². The quantitative estimate of drug-likeness (QED) is 0.554. The predicted molar refractivity (Wildman–Crippen MR) is 70.6 cm³/mol. The molecule has 0 aliphatic rings. The lowest BCUT2D eigenvalue weighted by atomic mass is 10.0. The van der Waals surface area contributed by atoms with Gasteiger partial charge in [-0.25, -0.2) is 4.57 Å². The van der Waals surface area contributed by atoms with Crippen molar-refractivity contribution < 1.29 is 4.57 Å². The molecule has 2 aromatic carbocycles. The largest absolute Gasteiger partial charge is 0.212 e. The van der Waals surface area contributed by atoms with Crippen molar-refractivity contribution in [1.29, 1.82) is 0 Å². The van der Waals surface area contributed by atoms with Crippen molar-refractivity contribution in [2.24, 2.45) is 7.05 Å². The van der Waals surface area contributed by atoms with Crippen molar-refractivity contribution in [2.45, 2.75) is 0 Å². The minimum atomic E-state index is 1.24. The first kappa shape index (κ1) is 10.0. The first-order chi connectivity index (χ1) is 8.36. The normalized spacial score (nSPS) is 10.6. The van der Waals surface area contributed by atoms with E-state index in [1.165, 1.54) is 22.0 Å². The molecule has 3 aromatic rings. The Kier molecular flexibility index (Phi) is 2.37. The van der Waals surface area contributed by atoms with Crippen molar-refractivity contribution in [3.8, 4) is 11.3 Å². The summed E-state index contributed by atoms with van der Waals surface area (Å²) in [5.41, 5.74) is 2.52. The van der Waals surface area contributed by atoms with E-state index in [0.717, 1.165) is 0 Å². The molecule has 0 spiro atoms. The fraction of sp³-hybridized carbons (Fsp3) is 0.0625. The van der Waals surface area contributed by atoms with E-state index in [4.69, 9.17) is 0 Å². The molecule has 1 nitrogen and oxygen atoms in total. The molecule has 17 heavy (non-hydrogen) atoms. The molecule has 1 heteroatoms. The average Bonchev–Trinajstić information content (AvgIpc) is 2.39. The monoisotopic (exact) mass is 220 g/mol. The molecule has 0 fully saturated rings. The van der Waals surface area contributed by atoms with Crippen LogP contribution in [-0.2, 0) is 7.05 Å². The highest BCUT2D eigenvalue weighted by Gasteiger charge is 2.10. The SMILES string of the molecule is C[n+]1ccccc1-c1cccc2ccccc12. The zero-order chi connectivity index (χ0) is 11.7. The van der Waals surface area contributed by atoms with Crippen LogP contribution in [0.4, 0.5) is 0 Å². The second-order valence-corrected chi connectivity index (χ2v) is 4.22. The van der Waals surface area contributed by atoms with Gasteiger partial charge in [-0.15, -0.1) is 0 Å². The molecule has 1 heterocycles. The Morgan fingerprint density at radius 2 is 1.53 bits per heavy atom. The third-order valence-corrected chi connectivity index (χ3v) is 3.12. The van der Waals surface area contributed by atoms with Gasteiger partial charge in [0.05, 0.1) is 5.56 Å². The lowest BCUT2D eigenvalue weighted by molar-refractivity contribution is -0.660. The third kappa shape index (κ3) is 1.70. The predicted octanol–water partition coefficient (Wildman–Crippen LogP) is 3.33. The first-order valence-corrected chi connectivity index (χ1v) is 5.79. The fourth-order valence-corrected chi connectivity index (χ4v) is 2.25. The highest BCUT2D eigenvalue weighted by atomic mass is 14.9. The standard InChI is InChI=1S/C16H14N/c1-17-12-5-4-11-16(17)15-10-6-8-13-7-2-3-9-14(13)15/h2-12H,1H3/q+1. The molecule has 0 aliphatic carbocycles. The zero-order valence-corrected chi connectivity index (χ0v) is 9.80. The molecule has 1 aromatic heterocycles. The van der Waals surface area contributed by atoms with Gasteiger partial charge in [-0.1, -0.05) is 36.4 Å². The van der Waals surface area contributed by atoms with Gasteiger partial charge in [-0.2, -0.15) is 0 Å². The van der Waals surface area contributed by atoms with Crippen LogP contribution in [0, 0.1) is 0 Å². The van der Waals surface area contributed by atoms with Crippen LogP contribution >= 0.6 is 0 Å². The zero-order valence-electron chi connectivity index (χ0n) is 9.80. The summed E-state index contributed by atoms with van der Waals surface area (Å²) in [5, 5.41) is 2.59. The Labute approximate surface area is 101 Å². The second-order valence-electron chi connectivity index (χ2n) is 4.22. The van der Waals surface area contributed by atoms with Gasteiger partial charge >= 0.3 is 0 Å². The lowest BCUT2D eigenvalue weighted by Gasteiger charge is -2.04. The van der Waals surface area contributed by atoms with E-state index in [2.05, 4.69) is 78.5 Å². The molecule has 0 bridgehead atoms. The molecule has 82 valence electrons. The number of fused-ring (bicyclic) bond motifs is 1. The topological polar surface area (TPSA) is 3.88 Å². The summed E-state index contributed by atoms with van der Waals surface area (Å²) < 4.78 is 2.15. The van der Waals surface area contributed by atoms with Crippen LogP contribution in [-0.4, -0.2) is 0 Å². The van der Waals surface area contributed by atoms with Crippen LogP contribution < -0.4 is 4.57 Å². The van der Waals surface area contributed by atoms with Gasteiger partial charge < -0.3 is 0 Å². The lowest BCUT2D eigenvalue weighted by Crippen LogP contribution is -2.29. The number of hydrogen-bond donors (Lipinski definition) is 0. The van der Waals surface area contributed by atoms with E-state index in [1.807, 2.05) is 0 Å². The van der Waals surface area contributed by atoms with Crippen LogP contribution in [0.1, 0.15) is 0 Å². The summed E-state index contributed by atoms with van der Waals surface area (Å²) in [6, 6.07) is 21.2. The first-order valence-electron chi connectivity index (χ1n) is 5.79. The Balaban J connectivity index is 2.35. The smallest absolute Gasteiger partial charge is 0.201 e. The van der Waals surface area contributed by atoms with Gasteiger partial charge in [0, 0.05) is 12.1 Å². The molecule has 0 atom stereocenters. The minimum Gasteiger partial charge on any atom is -0.201 e. The Hall–Kier alpha value is -2.15. The van der Waals surface area contributed by atoms with E-state index >= 15 is 0 Å². The second kappa shape index (κ2) is 4.02. The van der Waals surface area contributed by atoms with Gasteiger partial charge in [0.2, 0.25) is 5.69 Å². The molecular formula is C16H14N+. The molecular weight excluding hydrogens is 206 g/mol. The Morgan fingerprint density at radius 1 is 0.765 bits per heavy atom. The van der Waals surface area contributed by atoms with Crippen LogP contribution in [0.3, 0.4) is 0 Å². The summed E-state index contributed by atoms with van der Waals surface area (Å²) in [5.74, 6) is 0. The van der Waals surface area contributed by atoms with Gasteiger partial charge in [0.1, 0.15) is 7.05 Å². The van der Waals surface area contributed by atoms with Crippen LogP contribution in [0.25, 0.3) is 22.0 Å². The molecule has 0 saturated carbocycles. The van der Waals surface area contributed by atoms with Crippen molar-refractivity contribution in [3.05, 3.63) is 66.9 Å². The van der Waals surface area contributed by atoms with Gasteiger partial charge in [-0.3, -0.25) is 0 Å². The molecule has 0 amide bonds.